The minimum atomic E-state index is -0.648. The molecule has 0 fully saturated rings. The average molecular weight is 266 g/mol. The molecule has 0 aliphatic carbocycles. The van der Waals surface area contributed by atoms with Crippen LogP contribution < -0.4 is 11.1 Å². The molecule has 0 bridgehead atoms. The van der Waals surface area contributed by atoms with Gasteiger partial charge in [0, 0.05) is 10.6 Å². The van der Waals surface area contributed by atoms with Crippen molar-refractivity contribution in [2.75, 3.05) is 12.3 Å². The quantitative estimate of drug-likeness (QED) is 0.745. The second-order valence-corrected chi connectivity index (χ2v) is 5.78. The molecule has 1 aromatic rings. The highest BCUT2D eigenvalue weighted by atomic mass is 32.2. The number of nitrogens with one attached hydrogen (secondary N) is 1. The molecule has 0 radical (unpaired) electrons. The Balaban J connectivity index is 2.65. The predicted molar refractivity (Wildman–Crippen MR) is 77.8 cm³/mol. The van der Waals surface area contributed by atoms with E-state index in [0.29, 0.717) is 5.75 Å². The number of carbonyl (C=O) groups is 1. The van der Waals surface area contributed by atoms with Gasteiger partial charge in [-0.15, -0.1) is 11.8 Å². The summed E-state index contributed by atoms with van der Waals surface area (Å²) in [5, 5.41) is 3.23. The zero-order chi connectivity index (χ0) is 13.6. The standard InChI is InChI=1S/C14H22N2OS/c1-4-8-16-14(3,13(15)17)10-18-12-7-5-6-11(2)9-12/h5-7,9,16H,4,8,10H2,1-3H3,(H2,15,17). The van der Waals surface area contributed by atoms with Crippen LogP contribution in [-0.2, 0) is 4.79 Å². The summed E-state index contributed by atoms with van der Waals surface area (Å²) >= 11 is 1.66. The second-order valence-electron chi connectivity index (χ2n) is 4.73. The predicted octanol–water partition coefficient (Wildman–Crippen LogP) is 2.33. The smallest absolute Gasteiger partial charge is 0.238 e. The average Bonchev–Trinajstić information content (AvgIpc) is 2.34. The summed E-state index contributed by atoms with van der Waals surface area (Å²) in [6, 6.07) is 8.26. The van der Waals surface area contributed by atoms with E-state index in [1.807, 2.05) is 13.0 Å². The van der Waals surface area contributed by atoms with Crippen molar-refractivity contribution in [3.63, 3.8) is 0 Å². The van der Waals surface area contributed by atoms with E-state index in [9.17, 15) is 4.79 Å². The first-order valence-electron chi connectivity index (χ1n) is 6.22. The molecule has 18 heavy (non-hydrogen) atoms. The van der Waals surface area contributed by atoms with Crippen LogP contribution in [0.25, 0.3) is 0 Å². The van der Waals surface area contributed by atoms with Crippen LogP contribution in [0.1, 0.15) is 25.8 Å². The van der Waals surface area contributed by atoms with Gasteiger partial charge in [0.05, 0.1) is 0 Å². The molecule has 0 spiro atoms. The minimum Gasteiger partial charge on any atom is -0.368 e. The highest BCUT2D eigenvalue weighted by Gasteiger charge is 2.30. The van der Waals surface area contributed by atoms with E-state index >= 15 is 0 Å². The van der Waals surface area contributed by atoms with E-state index in [0.717, 1.165) is 13.0 Å². The largest absolute Gasteiger partial charge is 0.368 e. The Morgan fingerprint density at radius 1 is 1.50 bits per heavy atom. The Morgan fingerprint density at radius 2 is 2.22 bits per heavy atom. The first-order chi connectivity index (χ1) is 8.48. The molecule has 0 aliphatic heterocycles. The van der Waals surface area contributed by atoms with Crippen LogP contribution in [0.5, 0.6) is 0 Å². The number of aryl methyl sites for hydroxylation is 1. The molecule has 1 amide bonds. The lowest BCUT2D eigenvalue weighted by molar-refractivity contribution is -0.122. The Morgan fingerprint density at radius 3 is 2.78 bits per heavy atom. The summed E-state index contributed by atoms with van der Waals surface area (Å²) in [6.45, 7) is 6.80. The zero-order valence-electron chi connectivity index (χ0n) is 11.3. The van der Waals surface area contributed by atoms with E-state index < -0.39 is 5.54 Å². The van der Waals surface area contributed by atoms with Gasteiger partial charge in [0.15, 0.2) is 0 Å². The molecule has 1 atom stereocenters. The number of rotatable bonds is 7. The Kier molecular flexibility index (Phi) is 5.69. The summed E-state index contributed by atoms with van der Waals surface area (Å²) in [7, 11) is 0. The summed E-state index contributed by atoms with van der Waals surface area (Å²) < 4.78 is 0. The van der Waals surface area contributed by atoms with Crippen LogP contribution in [0.2, 0.25) is 0 Å². The Hall–Kier alpha value is -1.00. The van der Waals surface area contributed by atoms with Gasteiger partial charge in [0.2, 0.25) is 5.91 Å². The number of hydrogen-bond acceptors (Lipinski definition) is 3. The number of amides is 1. The highest BCUT2D eigenvalue weighted by molar-refractivity contribution is 7.99. The van der Waals surface area contributed by atoms with Crippen LogP contribution >= 0.6 is 11.8 Å². The van der Waals surface area contributed by atoms with Crippen molar-refractivity contribution in [3.8, 4) is 0 Å². The van der Waals surface area contributed by atoms with E-state index in [4.69, 9.17) is 5.73 Å². The third-order valence-electron chi connectivity index (χ3n) is 2.83. The van der Waals surface area contributed by atoms with E-state index in [2.05, 4.69) is 37.4 Å². The molecule has 1 aromatic carbocycles. The lowest BCUT2D eigenvalue weighted by Gasteiger charge is -2.27. The first-order valence-corrected chi connectivity index (χ1v) is 7.21. The molecule has 0 saturated heterocycles. The number of carbonyl (C=O) groups excluding carboxylic acids is 1. The normalized spacial score (nSPS) is 14.2. The van der Waals surface area contributed by atoms with Gasteiger partial charge in [0.1, 0.15) is 5.54 Å². The van der Waals surface area contributed by atoms with Crippen molar-refractivity contribution < 1.29 is 4.79 Å². The molecule has 3 nitrogen and oxygen atoms in total. The second kappa shape index (κ2) is 6.81. The highest BCUT2D eigenvalue weighted by Crippen LogP contribution is 2.23. The van der Waals surface area contributed by atoms with Crippen LogP contribution in [0.15, 0.2) is 29.2 Å². The van der Waals surface area contributed by atoms with Gasteiger partial charge in [-0.3, -0.25) is 4.79 Å². The minimum absolute atomic E-state index is 0.295. The number of hydrogen-bond donors (Lipinski definition) is 2. The van der Waals surface area contributed by atoms with Crippen molar-refractivity contribution in [3.05, 3.63) is 29.8 Å². The molecular weight excluding hydrogens is 244 g/mol. The van der Waals surface area contributed by atoms with E-state index in [1.54, 1.807) is 11.8 Å². The molecule has 4 heteroatoms. The van der Waals surface area contributed by atoms with Crippen molar-refractivity contribution in [2.24, 2.45) is 5.73 Å². The van der Waals surface area contributed by atoms with Crippen molar-refractivity contribution >= 4 is 17.7 Å². The number of benzene rings is 1. The van der Waals surface area contributed by atoms with Crippen LogP contribution in [0, 0.1) is 6.92 Å². The van der Waals surface area contributed by atoms with Crippen LogP contribution in [0.4, 0.5) is 0 Å². The Labute approximate surface area is 114 Å². The Bertz CT molecular complexity index is 409. The van der Waals surface area contributed by atoms with Gasteiger partial charge in [-0.1, -0.05) is 24.6 Å². The molecule has 1 unspecified atom stereocenters. The molecule has 1 rings (SSSR count). The maximum atomic E-state index is 11.6. The topological polar surface area (TPSA) is 55.1 Å². The first kappa shape index (κ1) is 15.1. The van der Waals surface area contributed by atoms with Gasteiger partial charge in [0.25, 0.3) is 0 Å². The van der Waals surface area contributed by atoms with E-state index in [1.165, 1.54) is 10.5 Å². The molecule has 0 heterocycles. The van der Waals surface area contributed by atoms with Gasteiger partial charge in [-0.05, 0) is 38.9 Å². The monoisotopic (exact) mass is 266 g/mol. The number of nitrogens with two attached hydrogens (primary N) is 1. The fraction of sp³-hybridized carbons (Fsp3) is 0.500. The lowest BCUT2D eigenvalue weighted by Crippen LogP contribution is -2.55. The van der Waals surface area contributed by atoms with Gasteiger partial charge in [-0.25, -0.2) is 0 Å². The van der Waals surface area contributed by atoms with Crippen LogP contribution in [0.3, 0.4) is 0 Å². The van der Waals surface area contributed by atoms with Gasteiger partial charge in [-0.2, -0.15) is 0 Å². The fourth-order valence-corrected chi connectivity index (χ4v) is 2.69. The molecule has 0 aliphatic rings. The maximum Gasteiger partial charge on any atom is 0.238 e. The van der Waals surface area contributed by atoms with E-state index in [-0.39, 0.29) is 5.91 Å². The van der Waals surface area contributed by atoms with Crippen molar-refractivity contribution in [1.82, 2.24) is 5.32 Å². The summed E-state index contributed by atoms with van der Waals surface area (Å²) in [5.74, 6) is 0.349. The molecule has 0 aromatic heterocycles. The molecule has 0 saturated carbocycles. The maximum absolute atomic E-state index is 11.6. The van der Waals surface area contributed by atoms with Gasteiger partial charge >= 0.3 is 0 Å². The summed E-state index contributed by atoms with van der Waals surface area (Å²) in [6.07, 6.45) is 0.984. The number of thioether (sulfide) groups is 1. The van der Waals surface area contributed by atoms with Crippen LogP contribution in [-0.4, -0.2) is 23.7 Å². The van der Waals surface area contributed by atoms with Gasteiger partial charge < -0.3 is 11.1 Å². The summed E-state index contributed by atoms with van der Waals surface area (Å²) in [5.41, 5.74) is 6.07. The third kappa shape index (κ3) is 4.35. The molecular formula is C14H22N2OS. The number of primary amides is 1. The SMILES string of the molecule is CCCNC(C)(CSc1cccc(C)c1)C(N)=O. The fourth-order valence-electron chi connectivity index (χ4n) is 1.54. The zero-order valence-corrected chi connectivity index (χ0v) is 12.1. The third-order valence-corrected chi connectivity index (χ3v) is 4.13. The summed E-state index contributed by atoms with van der Waals surface area (Å²) in [4.78, 5) is 12.7. The molecule has 100 valence electrons. The lowest BCUT2D eigenvalue weighted by atomic mass is 10.0. The van der Waals surface area contributed by atoms with Crippen molar-refractivity contribution in [1.29, 1.82) is 0 Å². The van der Waals surface area contributed by atoms with Crippen molar-refractivity contribution in [2.45, 2.75) is 37.6 Å². The molecule has 3 N–H and O–H groups in total.